The average Bonchev–Trinajstić information content (AvgIpc) is 2.67. The zero-order valence-corrected chi connectivity index (χ0v) is 15.8. The second-order valence-corrected chi connectivity index (χ2v) is 7.83. The number of hydrogen-bond acceptors (Lipinski definition) is 4. The van der Waals surface area contributed by atoms with Crippen molar-refractivity contribution in [2.45, 2.75) is 18.4 Å². The highest BCUT2D eigenvalue weighted by Crippen LogP contribution is 2.23. The fraction of sp³-hybridized carbons (Fsp3) is 0.100. The second-order valence-electron chi connectivity index (χ2n) is 6.06. The van der Waals surface area contributed by atoms with E-state index in [1.165, 1.54) is 31.2 Å². The quantitative estimate of drug-likeness (QED) is 0.623. The normalized spacial score (nSPS) is 11.2. The Hall–Kier alpha value is -3.10. The maximum Gasteiger partial charge on any atom is 0.240 e. The van der Waals surface area contributed by atoms with Crippen LogP contribution in [0.4, 0.5) is 10.1 Å². The summed E-state index contributed by atoms with van der Waals surface area (Å²) in [5, 5.41) is 2.69. The van der Waals surface area contributed by atoms with E-state index in [2.05, 4.69) is 15.0 Å². The number of nitrogens with one attached hydrogen (secondary N) is 2. The molecule has 0 aliphatic rings. The van der Waals surface area contributed by atoms with Crippen molar-refractivity contribution in [3.05, 3.63) is 78.4 Å². The number of pyridine rings is 1. The van der Waals surface area contributed by atoms with Crippen molar-refractivity contribution < 1.29 is 17.6 Å². The molecule has 1 amide bonds. The van der Waals surface area contributed by atoms with E-state index in [4.69, 9.17) is 0 Å². The summed E-state index contributed by atoms with van der Waals surface area (Å²) in [6.45, 7) is 1.33. The molecule has 28 heavy (non-hydrogen) atoms. The van der Waals surface area contributed by atoms with Crippen LogP contribution in [0.3, 0.4) is 0 Å². The van der Waals surface area contributed by atoms with E-state index in [-0.39, 0.29) is 17.3 Å². The summed E-state index contributed by atoms with van der Waals surface area (Å²) >= 11 is 0. The summed E-state index contributed by atoms with van der Waals surface area (Å²) in [4.78, 5) is 14.8. The molecule has 2 aromatic carbocycles. The molecule has 3 rings (SSSR count). The number of nitrogens with zero attached hydrogens (tertiary/aromatic N) is 1. The van der Waals surface area contributed by atoms with Crippen LogP contribution in [0.5, 0.6) is 0 Å². The molecule has 0 aliphatic heterocycles. The van der Waals surface area contributed by atoms with Crippen LogP contribution in [0, 0.1) is 5.95 Å². The van der Waals surface area contributed by atoms with Crippen LogP contribution >= 0.6 is 0 Å². The first-order chi connectivity index (χ1) is 13.3. The van der Waals surface area contributed by atoms with Crippen LogP contribution in [-0.4, -0.2) is 19.3 Å². The molecule has 2 N–H and O–H groups in total. The van der Waals surface area contributed by atoms with Crippen molar-refractivity contribution in [3.63, 3.8) is 0 Å². The van der Waals surface area contributed by atoms with Gasteiger partial charge in [0.05, 0.1) is 17.1 Å². The Kier molecular flexibility index (Phi) is 5.81. The molecule has 0 saturated carbocycles. The third-order valence-corrected chi connectivity index (χ3v) is 5.34. The molecule has 144 valence electrons. The van der Waals surface area contributed by atoms with Crippen molar-refractivity contribution in [3.8, 4) is 11.1 Å². The standard InChI is InChI=1S/C20H18FN3O3S/c1-14(25)23-17-9-5-15(6-10-17)16-7-11-19(12-8-16)28(26,27)22-13-18-3-2-4-20(21)24-18/h2-12,22H,13H2,1H3,(H,23,25). The molecule has 0 atom stereocenters. The lowest BCUT2D eigenvalue weighted by Gasteiger charge is -2.08. The van der Waals surface area contributed by atoms with Gasteiger partial charge in [0.2, 0.25) is 21.9 Å². The highest BCUT2D eigenvalue weighted by molar-refractivity contribution is 7.89. The number of rotatable bonds is 6. The van der Waals surface area contributed by atoms with Gasteiger partial charge in [-0.2, -0.15) is 4.39 Å². The molecule has 0 aliphatic carbocycles. The van der Waals surface area contributed by atoms with Gasteiger partial charge in [-0.15, -0.1) is 0 Å². The minimum absolute atomic E-state index is 0.0996. The summed E-state index contributed by atoms with van der Waals surface area (Å²) in [6, 6.07) is 17.8. The van der Waals surface area contributed by atoms with E-state index in [1.54, 1.807) is 30.3 Å². The van der Waals surface area contributed by atoms with E-state index >= 15 is 0 Å². The number of carbonyl (C=O) groups is 1. The molecule has 1 aromatic heterocycles. The molecule has 0 saturated heterocycles. The molecule has 0 fully saturated rings. The number of halogens is 1. The summed E-state index contributed by atoms with van der Waals surface area (Å²) in [5.41, 5.74) is 2.69. The van der Waals surface area contributed by atoms with E-state index in [0.29, 0.717) is 11.4 Å². The van der Waals surface area contributed by atoms with Gasteiger partial charge < -0.3 is 5.32 Å². The lowest BCUT2D eigenvalue weighted by molar-refractivity contribution is -0.114. The maximum atomic E-state index is 13.1. The van der Waals surface area contributed by atoms with Gasteiger partial charge in [0.1, 0.15) is 0 Å². The lowest BCUT2D eigenvalue weighted by atomic mass is 10.1. The number of aromatic nitrogens is 1. The van der Waals surface area contributed by atoms with Gasteiger partial charge in [-0.3, -0.25) is 4.79 Å². The van der Waals surface area contributed by atoms with Gasteiger partial charge in [0.25, 0.3) is 0 Å². The number of sulfonamides is 1. The van der Waals surface area contributed by atoms with Crippen molar-refractivity contribution in [2.24, 2.45) is 0 Å². The molecule has 1 heterocycles. The van der Waals surface area contributed by atoms with Gasteiger partial charge in [-0.1, -0.05) is 30.3 Å². The second kappa shape index (κ2) is 8.28. The van der Waals surface area contributed by atoms with Crippen LogP contribution in [0.1, 0.15) is 12.6 Å². The van der Waals surface area contributed by atoms with Crippen molar-refractivity contribution in [1.29, 1.82) is 0 Å². The summed E-state index contributed by atoms with van der Waals surface area (Å²) < 4.78 is 40.3. The Morgan fingerprint density at radius 1 is 0.964 bits per heavy atom. The summed E-state index contributed by atoms with van der Waals surface area (Å²) in [6.07, 6.45) is 0. The van der Waals surface area contributed by atoms with Crippen molar-refractivity contribution in [1.82, 2.24) is 9.71 Å². The number of anilines is 1. The molecule has 3 aromatic rings. The molecule has 0 bridgehead atoms. The topological polar surface area (TPSA) is 88.2 Å². The van der Waals surface area contributed by atoms with E-state index in [1.807, 2.05) is 12.1 Å². The zero-order chi connectivity index (χ0) is 20.1. The number of carbonyl (C=O) groups excluding carboxylic acids is 1. The summed E-state index contributed by atoms with van der Waals surface area (Å²) in [5.74, 6) is -0.811. The smallest absolute Gasteiger partial charge is 0.240 e. The Morgan fingerprint density at radius 2 is 1.57 bits per heavy atom. The van der Waals surface area contributed by atoms with E-state index in [9.17, 15) is 17.6 Å². The van der Waals surface area contributed by atoms with Crippen LogP contribution in [0.15, 0.2) is 71.6 Å². The third-order valence-electron chi connectivity index (χ3n) is 3.92. The molecule has 0 unspecified atom stereocenters. The van der Waals surface area contributed by atoms with Crippen molar-refractivity contribution >= 4 is 21.6 Å². The maximum absolute atomic E-state index is 13.1. The fourth-order valence-corrected chi connectivity index (χ4v) is 3.58. The minimum atomic E-state index is -3.75. The zero-order valence-electron chi connectivity index (χ0n) is 15.0. The van der Waals surface area contributed by atoms with Crippen LogP contribution in [-0.2, 0) is 21.4 Å². The first-order valence-corrected chi connectivity index (χ1v) is 9.91. The van der Waals surface area contributed by atoms with Gasteiger partial charge in [0, 0.05) is 12.6 Å². The van der Waals surface area contributed by atoms with Gasteiger partial charge >= 0.3 is 0 Å². The predicted octanol–water partition coefficient (Wildman–Crippen LogP) is 3.32. The Balaban J connectivity index is 1.71. The van der Waals surface area contributed by atoms with Gasteiger partial charge in [-0.25, -0.2) is 18.1 Å². The Bertz CT molecular complexity index is 1080. The van der Waals surface area contributed by atoms with Crippen LogP contribution < -0.4 is 10.0 Å². The van der Waals surface area contributed by atoms with E-state index in [0.717, 1.165) is 11.1 Å². The largest absolute Gasteiger partial charge is 0.326 e. The van der Waals surface area contributed by atoms with Crippen molar-refractivity contribution in [2.75, 3.05) is 5.32 Å². The number of benzene rings is 2. The lowest BCUT2D eigenvalue weighted by Crippen LogP contribution is -2.23. The van der Waals surface area contributed by atoms with Crippen LogP contribution in [0.25, 0.3) is 11.1 Å². The number of hydrogen-bond donors (Lipinski definition) is 2. The fourth-order valence-electron chi connectivity index (χ4n) is 2.58. The molecule has 0 radical (unpaired) electrons. The monoisotopic (exact) mass is 399 g/mol. The Morgan fingerprint density at radius 3 is 2.14 bits per heavy atom. The SMILES string of the molecule is CC(=O)Nc1ccc(-c2ccc(S(=O)(=O)NCc3cccc(F)n3)cc2)cc1. The highest BCUT2D eigenvalue weighted by Gasteiger charge is 2.14. The molecular weight excluding hydrogens is 381 g/mol. The van der Waals surface area contributed by atoms with E-state index < -0.39 is 16.0 Å². The first kappa shape index (κ1) is 19.7. The first-order valence-electron chi connectivity index (χ1n) is 8.43. The molecule has 8 heteroatoms. The third kappa shape index (κ3) is 4.99. The van der Waals surface area contributed by atoms with Gasteiger partial charge in [0.15, 0.2) is 0 Å². The van der Waals surface area contributed by atoms with Gasteiger partial charge in [-0.05, 0) is 47.5 Å². The average molecular weight is 399 g/mol. The highest BCUT2D eigenvalue weighted by atomic mass is 32.2. The summed E-state index contributed by atoms with van der Waals surface area (Å²) in [7, 11) is -3.75. The molecule has 6 nitrogen and oxygen atoms in total. The molecular formula is C20H18FN3O3S. The minimum Gasteiger partial charge on any atom is -0.326 e. The predicted molar refractivity (Wildman–Crippen MR) is 104 cm³/mol. The number of amides is 1. The molecule has 0 spiro atoms. The Labute approximate surface area is 162 Å². The van der Waals surface area contributed by atoms with Crippen LogP contribution in [0.2, 0.25) is 0 Å².